The standard InChI is InChI=1S/C15H16N4OS/c1-11-14(21-10-18-11)9-19(2)15(20)13-6-5-12(8-17-13)4-3-7-16/h5-6,8,10H,7,9,16H2,1-2H3. The maximum absolute atomic E-state index is 12.3. The van der Waals surface area contributed by atoms with Crippen LogP contribution < -0.4 is 5.73 Å². The minimum atomic E-state index is -0.124. The van der Waals surface area contributed by atoms with Gasteiger partial charge in [-0.1, -0.05) is 11.8 Å². The molecule has 0 fully saturated rings. The van der Waals surface area contributed by atoms with Crippen molar-refractivity contribution in [3.8, 4) is 11.8 Å². The van der Waals surface area contributed by atoms with Crippen LogP contribution in [0.2, 0.25) is 0 Å². The Labute approximate surface area is 127 Å². The van der Waals surface area contributed by atoms with E-state index in [1.165, 1.54) is 0 Å². The Morgan fingerprint density at radius 3 is 2.81 bits per heavy atom. The van der Waals surface area contributed by atoms with Gasteiger partial charge in [0.15, 0.2) is 0 Å². The fourth-order valence-electron chi connectivity index (χ4n) is 1.71. The van der Waals surface area contributed by atoms with Crippen LogP contribution in [0.4, 0.5) is 0 Å². The average Bonchev–Trinajstić information content (AvgIpc) is 2.90. The van der Waals surface area contributed by atoms with Gasteiger partial charge in [-0.05, 0) is 19.1 Å². The Balaban J connectivity index is 2.07. The van der Waals surface area contributed by atoms with Crippen molar-refractivity contribution in [2.45, 2.75) is 13.5 Å². The number of rotatable bonds is 3. The highest BCUT2D eigenvalue weighted by atomic mass is 32.1. The van der Waals surface area contributed by atoms with E-state index >= 15 is 0 Å². The van der Waals surface area contributed by atoms with Gasteiger partial charge in [-0.2, -0.15) is 0 Å². The minimum absolute atomic E-state index is 0.124. The second kappa shape index (κ2) is 6.97. The molecular weight excluding hydrogens is 284 g/mol. The third kappa shape index (κ3) is 3.88. The first-order valence-electron chi connectivity index (χ1n) is 6.41. The monoisotopic (exact) mass is 300 g/mol. The summed E-state index contributed by atoms with van der Waals surface area (Å²) in [5.41, 5.74) is 9.20. The summed E-state index contributed by atoms with van der Waals surface area (Å²) in [6, 6.07) is 3.45. The molecule has 5 nitrogen and oxygen atoms in total. The Hall–Kier alpha value is -2.23. The Bertz CT molecular complexity index is 682. The molecule has 0 saturated carbocycles. The molecule has 0 aromatic carbocycles. The second-order valence-electron chi connectivity index (χ2n) is 4.46. The molecule has 108 valence electrons. The molecule has 2 rings (SSSR count). The van der Waals surface area contributed by atoms with Gasteiger partial charge in [-0.3, -0.25) is 4.79 Å². The summed E-state index contributed by atoms with van der Waals surface area (Å²) in [5.74, 6) is 5.50. The van der Waals surface area contributed by atoms with Gasteiger partial charge in [-0.15, -0.1) is 11.3 Å². The van der Waals surface area contributed by atoms with Crippen LogP contribution in [0.3, 0.4) is 0 Å². The number of carbonyl (C=O) groups is 1. The van der Waals surface area contributed by atoms with Gasteiger partial charge >= 0.3 is 0 Å². The van der Waals surface area contributed by atoms with Crippen molar-refractivity contribution in [1.82, 2.24) is 14.9 Å². The average molecular weight is 300 g/mol. The predicted molar refractivity (Wildman–Crippen MR) is 82.8 cm³/mol. The topological polar surface area (TPSA) is 72.1 Å². The number of nitrogens with zero attached hydrogens (tertiary/aromatic N) is 3. The van der Waals surface area contributed by atoms with Crippen molar-refractivity contribution in [2.24, 2.45) is 5.73 Å². The molecule has 0 aliphatic rings. The maximum atomic E-state index is 12.3. The zero-order valence-electron chi connectivity index (χ0n) is 12.0. The van der Waals surface area contributed by atoms with E-state index in [4.69, 9.17) is 5.73 Å². The molecule has 0 atom stereocenters. The largest absolute Gasteiger partial charge is 0.335 e. The lowest BCUT2D eigenvalue weighted by atomic mass is 10.2. The predicted octanol–water partition coefficient (Wildman–Crippen LogP) is 1.43. The number of aryl methyl sites for hydroxylation is 1. The smallest absolute Gasteiger partial charge is 0.272 e. The molecule has 2 N–H and O–H groups in total. The Kier molecular flexibility index (Phi) is 5.04. The SMILES string of the molecule is Cc1ncsc1CN(C)C(=O)c1ccc(C#CCN)cn1. The van der Waals surface area contributed by atoms with Crippen LogP contribution in [0.1, 0.15) is 26.6 Å². The number of hydrogen-bond donors (Lipinski definition) is 1. The lowest BCUT2D eigenvalue weighted by molar-refractivity contribution is 0.0780. The summed E-state index contributed by atoms with van der Waals surface area (Å²) in [7, 11) is 1.76. The fraction of sp³-hybridized carbons (Fsp3) is 0.267. The van der Waals surface area contributed by atoms with Gasteiger partial charge in [0.05, 0.1) is 24.3 Å². The van der Waals surface area contributed by atoms with Crippen LogP contribution in [-0.2, 0) is 6.54 Å². The number of carbonyl (C=O) groups excluding carboxylic acids is 1. The summed E-state index contributed by atoms with van der Waals surface area (Å²) < 4.78 is 0. The number of thiazole rings is 1. The molecule has 2 heterocycles. The molecule has 2 aromatic rings. The molecule has 1 amide bonds. The maximum Gasteiger partial charge on any atom is 0.272 e. The van der Waals surface area contributed by atoms with Crippen molar-refractivity contribution >= 4 is 17.2 Å². The summed E-state index contributed by atoms with van der Waals surface area (Å²) in [6.07, 6.45) is 1.59. The molecule has 0 unspecified atom stereocenters. The number of hydrogen-bond acceptors (Lipinski definition) is 5. The van der Waals surface area contributed by atoms with Crippen molar-refractivity contribution in [3.63, 3.8) is 0 Å². The van der Waals surface area contributed by atoms with E-state index in [0.29, 0.717) is 18.8 Å². The molecule has 6 heteroatoms. The van der Waals surface area contributed by atoms with Gasteiger partial charge in [-0.25, -0.2) is 9.97 Å². The van der Waals surface area contributed by atoms with E-state index in [0.717, 1.165) is 16.1 Å². The second-order valence-corrected chi connectivity index (χ2v) is 5.40. The highest BCUT2D eigenvalue weighted by molar-refractivity contribution is 7.09. The summed E-state index contributed by atoms with van der Waals surface area (Å²) in [4.78, 5) is 23.4. The Morgan fingerprint density at radius 1 is 1.43 bits per heavy atom. The highest BCUT2D eigenvalue weighted by Gasteiger charge is 2.15. The van der Waals surface area contributed by atoms with Crippen LogP contribution in [-0.4, -0.2) is 34.4 Å². The minimum Gasteiger partial charge on any atom is -0.335 e. The lowest BCUT2D eigenvalue weighted by Crippen LogP contribution is -2.26. The molecule has 0 saturated heterocycles. The van der Waals surface area contributed by atoms with Crippen molar-refractivity contribution in [2.75, 3.05) is 13.6 Å². The molecule has 0 bridgehead atoms. The zero-order valence-corrected chi connectivity index (χ0v) is 12.8. The van der Waals surface area contributed by atoms with E-state index in [-0.39, 0.29) is 5.91 Å². The highest BCUT2D eigenvalue weighted by Crippen LogP contribution is 2.15. The van der Waals surface area contributed by atoms with Crippen molar-refractivity contribution in [1.29, 1.82) is 0 Å². The van der Waals surface area contributed by atoms with E-state index < -0.39 is 0 Å². The quantitative estimate of drug-likeness (QED) is 0.870. The van der Waals surface area contributed by atoms with E-state index in [9.17, 15) is 4.79 Å². The van der Waals surface area contributed by atoms with Gasteiger partial charge in [0.1, 0.15) is 5.69 Å². The molecule has 0 spiro atoms. The normalized spacial score (nSPS) is 9.86. The third-order valence-electron chi connectivity index (χ3n) is 2.89. The van der Waals surface area contributed by atoms with Gasteiger partial charge in [0.2, 0.25) is 0 Å². The molecule has 0 radical (unpaired) electrons. The summed E-state index contributed by atoms with van der Waals surface area (Å²) >= 11 is 1.55. The number of aromatic nitrogens is 2. The zero-order chi connectivity index (χ0) is 15.2. The van der Waals surface area contributed by atoms with Crippen LogP contribution in [0.25, 0.3) is 0 Å². The first-order chi connectivity index (χ1) is 10.1. The molecule has 0 aliphatic carbocycles. The van der Waals surface area contributed by atoms with E-state index in [2.05, 4.69) is 21.8 Å². The number of amides is 1. The number of nitrogens with two attached hydrogens (primary N) is 1. The van der Waals surface area contributed by atoms with Crippen LogP contribution in [0.15, 0.2) is 23.8 Å². The van der Waals surface area contributed by atoms with Crippen LogP contribution >= 0.6 is 11.3 Å². The first kappa shape index (κ1) is 15.2. The van der Waals surface area contributed by atoms with Gasteiger partial charge in [0.25, 0.3) is 5.91 Å². The lowest BCUT2D eigenvalue weighted by Gasteiger charge is -2.15. The summed E-state index contributed by atoms with van der Waals surface area (Å²) in [5, 5.41) is 0. The molecule has 2 aromatic heterocycles. The van der Waals surface area contributed by atoms with Gasteiger partial charge in [0, 0.05) is 23.7 Å². The number of pyridine rings is 1. The van der Waals surface area contributed by atoms with Gasteiger partial charge < -0.3 is 10.6 Å². The third-order valence-corrected chi connectivity index (χ3v) is 3.81. The Morgan fingerprint density at radius 2 is 2.24 bits per heavy atom. The fourth-order valence-corrected chi connectivity index (χ4v) is 2.54. The van der Waals surface area contributed by atoms with Crippen molar-refractivity contribution < 1.29 is 4.79 Å². The molecule has 0 aliphatic heterocycles. The molecular formula is C15H16N4OS. The summed E-state index contributed by atoms with van der Waals surface area (Å²) in [6.45, 7) is 2.77. The van der Waals surface area contributed by atoms with Crippen LogP contribution in [0, 0.1) is 18.8 Å². The van der Waals surface area contributed by atoms with Crippen molar-refractivity contribution in [3.05, 3.63) is 45.7 Å². The van der Waals surface area contributed by atoms with E-state index in [1.807, 2.05) is 6.92 Å². The first-order valence-corrected chi connectivity index (χ1v) is 7.29. The molecule has 21 heavy (non-hydrogen) atoms. The van der Waals surface area contributed by atoms with Crippen LogP contribution in [0.5, 0.6) is 0 Å². The van der Waals surface area contributed by atoms with E-state index in [1.54, 1.807) is 47.1 Å².